The summed E-state index contributed by atoms with van der Waals surface area (Å²) in [5.41, 5.74) is 8.80. The second-order valence-electron chi connectivity index (χ2n) is 5.76. The fraction of sp³-hybridized carbons (Fsp3) is 0.350. The van der Waals surface area contributed by atoms with E-state index in [9.17, 15) is 9.90 Å². The van der Waals surface area contributed by atoms with E-state index in [1.165, 1.54) is 0 Å². The van der Waals surface area contributed by atoms with E-state index in [1.807, 2.05) is 46.8 Å². The Morgan fingerprint density at radius 1 is 1.08 bits per heavy atom. The Bertz CT molecular complexity index is 717. The third kappa shape index (κ3) is 5.50. The van der Waals surface area contributed by atoms with Crippen LogP contribution >= 0.6 is 0 Å². The van der Waals surface area contributed by atoms with E-state index in [4.69, 9.17) is 15.6 Å². The lowest BCUT2D eigenvalue weighted by atomic mass is 10.0. The molecular weight excluding hydrogens is 318 g/mol. The van der Waals surface area contributed by atoms with E-state index in [0.717, 1.165) is 22.3 Å². The highest BCUT2D eigenvalue weighted by atomic mass is 16.5. The van der Waals surface area contributed by atoms with Crippen LogP contribution in [0.4, 0.5) is 0 Å². The van der Waals surface area contributed by atoms with E-state index in [-0.39, 0.29) is 12.2 Å². The summed E-state index contributed by atoms with van der Waals surface area (Å²) < 4.78 is 5.87. The lowest BCUT2D eigenvalue weighted by Gasteiger charge is -2.13. The molecule has 0 spiro atoms. The van der Waals surface area contributed by atoms with Crippen LogP contribution in [0.1, 0.15) is 36.1 Å². The van der Waals surface area contributed by atoms with Crippen molar-refractivity contribution < 1.29 is 19.7 Å². The molecule has 0 amide bonds. The number of phenolic OH excluding ortho intramolecular Hbond substituents is 1. The number of carboxylic acids is 1. The van der Waals surface area contributed by atoms with Crippen molar-refractivity contribution in [1.29, 1.82) is 0 Å². The third-order valence-electron chi connectivity index (χ3n) is 3.70. The zero-order chi connectivity index (χ0) is 19.1. The summed E-state index contributed by atoms with van der Waals surface area (Å²) in [7, 11) is 0. The first kappa shape index (κ1) is 20.5. The number of ether oxygens (including phenoxy) is 1. The number of carbonyl (C=O) groups is 1. The average Bonchev–Trinajstić information content (AvgIpc) is 2.56. The summed E-state index contributed by atoms with van der Waals surface area (Å²) in [6, 6.07) is 8.12. The van der Waals surface area contributed by atoms with Crippen LogP contribution in [-0.2, 0) is 11.2 Å². The molecule has 0 saturated heterocycles. The maximum Gasteiger partial charge on any atom is 0.320 e. The molecule has 136 valence electrons. The second kappa shape index (κ2) is 9.08. The molecule has 2 rings (SSSR count). The Hall–Kier alpha value is -2.53. The van der Waals surface area contributed by atoms with Crippen LogP contribution in [0.15, 0.2) is 30.3 Å². The molecule has 2 aromatic rings. The first-order valence-electron chi connectivity index (χ1n) is 8.34. The lowest BCUT2D eigenvalue weighted by molar-refractivity contribution is -0.138. The van der Waals surface area contributed by atoms with Crippen molar-refractivity contribution in [2.24, 2.45) is 5.73 Å². The van der Waals surface area contributed by atoms with Crippen molar-refractivity contribution in [3.8, 4) is 17.2 Å². The van der Waals surface area contributed by atoms with Gasteiger partial charge in [0.15, 0.2) is 0 Å². The molecular formula is C20H27NO4. The highest BCUT2D eigenvalue weighted by Gasteiger charge is 2.13. The molecule has 2 aromatic carbocycles. The number of rotatable bonds is 5. The Kier molecular flexibility index (Phi) is 7.45. The fourth-order valence-electron chi connectivity index (χ4n) is 2.40. The molecule has 1 unspecified atom stereocenters. The zero-order valence-corrected chi connectivity index (χ0v) is 15.5. The first-order chi connectivity index (χ1) is 11.8. The summed E-state index contributed by atoms with van der Waals surface area (Å²) in [4.78, 5) is 10.8. The SMILES string of the molecule is CC.Cc1cc(CC(N)C(=O)O)ccc1Oc1cc(C)c(O)c(C)c1. The van der Waals surface area contributed by atoms with Gasteiger partial charge in [-0.15, -0.1) is 0 Å². The summed E-state index contributed by atoms with van der Waals surface area (Å²) >= 11 is 0. The van der Waals surface area contributed by atoms with E-state index in [2.05, 4.69) is 0 Å². The summed E-state index contributed by atoms with van der Waals surface area (Å²) in [6.07, 6.45) is 0.272. The third-order valence-corrected chi connectivity index (χ3v) is 3.70. The van der Waals surface area contributed by atoms with Crippen LogP contribution in [0, 0.1) is 20.8 Å². The van der Waals surface area contributed by atoms with Gasteiger partial charge in [0.1, 0.15) is 23.3 Å². The summed E-state index contributed by atoms with van der Waals surface area (Å²) in [5.74, 6) is 0.586. The lowest BCUT2D eigenvalue weighted by Crippen LogP contribution is -2.32. The number of benzene rings is 2. The van der Waals surface area contributed by atoms with Crippen molar-refractivity contribution in [2.45, 2.75) is 47.1 Å². The summed E-state index contributed by atoms with van der Waals surface area (Å²) in [6.45, 7) is 9.53. The predicted octanol–water partition coefficient (Wildman–Crippen LogP) is 4.09. The molecule has 0 radical (unpaired) electrons. The van der Waals surface area contributed by atoms with Gasteiger partial charge in [0.05, 0.1) is 0 Å². The molecule has 5 nitrogen and oxygen atoms in total. The molecule has 25 heavy (non-hydrogen) atoms. The van der Waals surface area contributed by atoms with Crippen LogP contribution < -0.4 is 10.5 Å². The number of aryl methyl sites for hydroxylation is 3. The molecule has 4 N–H and O–H groups in total. The van der Waals surface area contributed by atoms with Crippen LogP contribution in [0.5, 0.6) is 17.2 Å². The standard InChI is InChI=1S/C18H21NO4.C2H6/c1-10-6-13(9-15(19)18(21)22)4-5-16(10)23-14-7-11(2)17(20)12(3)8-14;1-2/h4-8,15,20H,9,19H2,1-3H3,(H,21,22);1-2H3. The average molecular weight is 345 g/mol. The highest BCUT2D eigenvalue weighted by Crippen LogP contribution is 2.31. The van der Waals surface area contributed by atoms with Gasteiger partial charge in [-0.1, -0.05) is 26.0 Å². The van der Waals surface area contributed by atoms with Gasteiger partial charge in [0.2, 0.25) is 0 Å². The van der Waals surface area contributed by atoms with E-state index in [1.54, 1.807) is 18.2 Å². The number of aromatic hydroxyl groups is 1. The van der Waals surface area contributed by atoms with Crippen LogP contribution in [0.2, 0.25) is 0 Å². The Morgan fingerprint density at radius 2 is 1.64 bits per heavy atom. The first-order valence-corrected chi connectivity index (χ1v) is 8.34. The van der Waals surface area contributed by atoms with Gasteiger partial charge in [-0.2, -0.15) is 0 Å². The Labute approximate surface area is 149 Å². The zero-order valence-electron chi connectivity index (χ0n) is 15.5. The number of carboxylic acid groups (broad SMARTS) is 1. The number of phenols is 1. The Balaban J connectivity index is 0.00000151. The van der Waals surface area contributed by atoms with Crippen molar-refractivity contribution in [2.75, 3.05) is 0 Å². The van der Waals surface area contributed by atoms with Gasteiger partial charge < -0.3 is 20.7 Å². The molecule has 0 saturated carbocycles. The van der Waals surface area contributed by atoms with Crippen molar-refractivity contribution in [3.05, 3.63) is 52.6 Å². The minimum absolute atomic E-state index is 0.270. The van der Waals surface area contributed by atoms with Gasteiger partial charge in [0, 0.05) is 0 Å². The van der Waals surface area contributed by atoms with Crippen LogP contribution in [-0.4, -0.2) is 22.2 Å². The quantitative estimate of drug-likeness (QED) is 0.759. The maximum atomic E-state index is 10.8. The molecule has 0 aliphatic rings. The molecule has 0 aliphatic heterocycles. The molecule has 0 aliphatic carbocycles. The van der Waals surface area contributed by atoms with Gasteiger partial charge >= 0.3 is 5.97 Å². The Morgan fingerprint density at radius 3 is 2.12 bits per heavy atom. The number of hydrogen-bond donors (Lipinski definition) is 3. The minimum atomic E-state index is -1.02. The normalized spacial score (nSPS) is 11.3. The van der Waals surface area contributed by atoms with Gasteiger partial charge in [-0.05, 0) is 67.6 Å². The monoisotopic (exact) mass is 345 g/mol. The highest BCUT2D eigenvalue weighted by molar-refractivity contribution is 5.73. The van der Waals surface area contributed by atoms with E-state index < -0.39 is 12.0 Å². The summed E-state index contributed by atoms with van der Waals surface area (Å²) in [5, 5.41) is 18.7. The van der Waals surface area contributed by atoms with Crippen LogP contribution in [0.3, 0.4) is 0 Å². The minimum Gasteiger partial charge on any atom is -0.507 e. The van der Waals surface area contributed by atoms with Crippen molar-refractivity contribution in [3.63, 3.8) is 0 Å². The molecule has 0 aromatic heterocycles. The number of hydrogen-bond acceptors (Lipinski definition) is 4. The van der Waals surface area contributed by atoms with E-state index in [0.29, 0.717) is 11.5 Å². The van der Waals surface area contributed by atoms with Crippen molar-refractivity contribution in [1.82, 2.24) is 0 Å². The number of aliphatic carboxylic acids is 1. The van der Waals surface area contributed by atoms with Gasteiger partial charge in [-0.3, -0.25) is 4.79 Å². The predicted molar refractivity (Wildman–Crippen MR) is 99.5 cm³/mol. The largest absolute Gasteiger partial charge is 0.507 e. The van der Waals surface area contributed by atoms with E-state index >= 15 is 0 Å². The smallest absolute Gasteiger partial charge is 0.320 e. The van der Waals surface area contributed by atoms with Gasteiger partial charge in [-0.25, -0.2) is 0 Å². The van der Waals surface area contributed by atoms with Crippen LogP contribution in [0.25, 0.3) is 0 Å². The molecule has 0 heterocycles. The molecule has 0 bridgehead atoms. The van der Waals surface area contributed by atoms with Crippen molar-refractivity contribution >= 4 is 5.97 Å². The maximum absolute atomic E-state index is 10.8. The second-order valence-corrected chi connectivity index (χ2v) is 5.76. The molecule has 5 heteroatoms. The number of nitrogens with two attached hydrogens (primary N) is 1. The topological polar surface area (TPSA) is 92.8 Å². The molecule has 0 fully saturated rings. The van der Waals surface area contributed by atoms with Gasteiger partial charge in [0.25, 0.3) is 0 Å². The molecule has 1 atom stereocenters. The fourth-order valence-corrected chi connectivity index (χ4v) is 2.40.